The van der Waals surface area contributed by atoms with Crippen LogP contribution in [0.2, 0.25) is 0 Å². The number of aliphatic hydroxyl groups is 2. The molecule has 0 aromatic carbocycles. The van der Waals surface area contributed by atoms with Gasteiger partial charge in [0.05, 0.1) is 6.10 Å². The van der Waals surface area contributed by atoms with Gasteiger partial charge in [-0.05, 0) is 32.6 Å². The number of ketones is 1. The summed E-state index contributed by atoms with van der Waals surface area (Å²) in [4.78, 5) is 10.7. The zero-order valence-corrected chi connectivity index (χ0v) is 7.79. The summed E-state index contributed by atoms with van der Waals surface area (Å²) in [5.74, 6) is 0.105. The quantitative estimate of drug-likeness (QED) is 0.624. The second kappa shape index (κ2) is 6.14. The van der Waals surface area contributed by atoms with E-state index in [2.05, 4.69) is 0 Å². The number of Topliss-reactive ketones (excluding diaryl/α,β-unsaturated/α-hetero) is 1. The Morgan fingerprint density at radius 1 is 1.50 bits per heavy atom. The summed E-state index contributed by atoms with van der Waals surface area (Å²) in [6.45, 7) is 3.33. The minimum atomic E-state index is -0.458. The Balaban J connectivity index is 3.78. The SMILES string of the molecule is CC(=O)CC(CCCO)C(C)O. The molecule has 12 heavy (non-hydrogen) atoms. The first-order valence-corrected chi connectivity index (χ1v) is 4.36. The molecule has 72 valence electrons. The highest BCUT2D eigenvalue weighted by molar-refractivity contribution is 5.75. The molecular formula is C9H18O3. The molecule has 0 saturated heterocycles. The fraction of sp³-hybridized carbons (Fsp3) is 0.889. The van der Waals surface area contributed by atoms with E-state index in [0.29, 0.717) is 19.3 Å². The molecule has 2 N–H and O–H groups in total. The minimum absolute atomic E-state index is 0.00894. The molecule has 0 saturated carbocycles. The molecule has 0 bridgehead atoms. The van der Waals surface area contributed by atoms with Crippen LogP contribution < -0.4 is 0 Å². The van der Waals surface area contributed by atoms with E-state index >= 15 is 0 Å². The predicted molar refractivity (Wildman–Crippen MR) is 46.8 cm³/mol. The zero-order chi connectivity index (χ0) is 9.56. The molecule has 0 radical (unpaired) electrons. The van der Waals surface area contributed by atoms with Crippen molar-refractivity contribution in [1.82, 2.24) is 0 Å². The van der Waals surface area contributed by atoms with Crippen LogP contribution in [0.4, 0.5) is 0 Å². The maximum atomic E-state index is 10.7. The summed E-state index contributed by atoms with van der Waals surface area (Å²) in [5, 5.41) is 17.8. The Morgan fingerprint density at radius 3 is 2.42 bits per heavy atom. The topological polar surface area (TPSA) is 57.5 Å². The van der Waals surface area contributed by atoms with Crippen molar-refractivity contribution in [1.29, 1.82) is 0 Å². The van der Waals surface area contributed by atoms with Gasteiger partial charge in [0.25, 0.3) is 0 Å². The molecule has 2 unspecified atom stereocenters. The van der Waals surface area contributed by atoms with E-state index in [1.807, 2.05) is 0 Å². The van der Waals surface area contributed by atoms with Gasteiger partial charge in [-0.25, -0.2) is 0 Å². The molecule has 3 heteroatoms. The molecule has 0 heterocycles. The molecule has 0 aliphatic carbocycles. The lowest BCUT2D eigenvalue weighted by Crippen LogP contribution is -2.19. The summed E-state index contributed by atoms with van der Waals surface area (Å²) in [7, 11) is 0. The minimum Gasteiger partial charge on any atom is -0.396 e. The summed E-state index contributed by atoms with van der Waals surface area (Å²) < 4.78 is 0. The third kappa shape index (κ3) is 5.27. The van der Waals surface area contributed by atoms with Crippen molar-refractivity contribution in [3.63, 3.8) is 0 Å². The first-order valence-electron chi connectivity index (χ1n) is 4.36. The Kier molecular flexibility index (Phi) is 5.93. The molecular weight excluding hydrogens is 156 g/mol. The number of hydrogen-bond acceptors (Lipinski definition) is 3. The maximum absolute atomic E-state index is 10.7. The Hall–Kier alpha value is -0.410. The van der Waals surface area contributed by atoms with Crippen molar-refractivity contribution < 1.29 is 15.0 Å². The van der Waals surface area contributed by atoms with Crippen LogP contribution in [0.15, 0.2) is 0 Å². The fourth-order valence-electron chi connectivity index (χ4n) is 1.24. The normalized spacial score (nSPS) is 15.7. The van der Waals surface area contributed by atoms with Gasteiger partial charge in [-0.1, -0.05) is 0 Å². The van der Waals surface area contributed by atoms with E-state index in [4.69, 9.17) is 5.11 Å². The molecule has 0 aliphatic heterocycles. The van der Waals surface area contributed by atoms with Crippen molar-refractivity contribution in [2.24, 2.45) is 5.92 Å². The van der Waals surface area contributed by atoms with Crippen molar-refractivity contribution >= 4 is 5.78 Å². The van der Waals surface area contributed by atoms with Crippen LogP contribution in [-0.4, -0.2) is 28.7 Å². The van der Waals surface area contributed by atoms with Gasteiger partial charge in [0.1, 0.15) is 5.78 Å². The van der Waals surface area contributed by atoms with Gasteiger partial charge >= 0.3 is 0 Å². The summed E-state index contributed by atoms with van der Waals surface area (Å²) in [6, 6.07) is 0. The van der Waals surface area contributed by atoms with E-state index in [1.54, 1.807) is 6.92 Å². The molecule has 0 rings (SSSR count). The zero-order valence-electron chi connectivity index (χ0n) is 7.79. The van der Waals surface area contributed by atoms with Crippen LogP contribution in [0.1, 0.15) is 33.1 Å². The third-order valence-electron chi connectivity index (χ3n) is 1.96. The monoisotopic (exact) mass is 174 g/mol. The average Bonchev–Trinajstić information content (AvgIpc) is 1.96. The predicted octanol–water partition coefficient (Wildman–Crippen LogP) is 0.735. The maximum Gasteiger partial charge on any atom is 0.130 e. The molecule has 0 fully saturated rings. The fourth-order valence-corrected chi connectivity index (χ4v) is 1.24. The largest absolute Gasteiger partial charge is 0.396 e. The van der Waals surface area contributed by atoms with Crippen LogP contribution in [0, 0.1) is 5.92 Å². The van der Waals surface area contributed by atoms with E-state index in [-0.39, 0.29) is 18.3 Å². The lowest BCUT2D eigenvalue weighted by atomic mass is 9.93. The third-order valence-corrected chi connectivity index (χ3v) is 1.96. The van der Waals surface area contributed by atoms with E-state index in [1.165, 1.54) is 6.92 Å². The Bertz CT molecular complexity index is 132. The average molecular weight is 174 g/mol. The Labute approximate surface area is 73.4 Å². The molecule has 0 aliphatic rings. The molecule has 3 nitrogen and oxygen atoms in total. The number of hydrogen-bond donors (Lipinski definition) is 2. The second-order valence-corrected chi connectivity index (χ2v) is 3.27. The van der Waals surface area contributed by atoms with Crippen molar-refractivity contribution in [2.75, 3.05) is 6.61 Å². The highest BCUT2D eigenvalue weighted by Gasteiger charge is 2.15. The van der Waals surface area contributed by atoms with E-state index < -0.39 is 6.10 Å². The molecule has 0 amide bonds. The van der Waals surface area contributed by atoms with Crippen molar-refractivity contribution in [2.45, 2.75) is 39.2 Å². The van der Waals surface area contributed by atoms with Gasteiger partial charge in [0.15, 0.2) is 0 Å². The van der Waals surface area contributed by atoms with Crippen molar-refractivity contribution in [3.05, 3.63) is 0 Å². The molecule has 0 aromatic heterocycles. The molecule has 0 aromatic rings. The van der Waals surface area contributed by atoms with Crippen molar-refractivity contribution in [3.8, 4) is 0 Å². The second-order valence-electron chi connectivity index (χ2n) is 3.27. The molecule has 2 atom stereocenters. The highest BCUT2D eigenvalue weighted by atomic mass is 16.3. The summed E-state index contributed by atoms with van der Waals surface area (Å²) in [5.41, 5.74) is 0. The Morgan fingerprint density at radius 2 is 2.08 bits per heavy atom. The first-order chi connectivity index (χ1) is 5.57. The van der Waals surface area contributed by atoms with Crippen LogP contribution in [0.25, 0.3) is 0 Å². The van der Waals surface area contributed by atoms with E-state index in [9.17, 15) is 9.90 Å². The highest BCUT2D eigenvalue weighted by Crippen LogP contribution is 2.15. The number of rotatable bonds is 6. The summed E-state index contributed by atoms with van der Waals surface area (Å²) in [6.07, 6.45) is 1.33. The van der Waals surface area contributed by atoms with E-state index in [0.717, 1.165) is 0 Å². The number of carbonyl (C=O) groups excluding carboxylic acids is 1. The standard InChI is InChI=1S/C9H18O3/c1-7(11)6-9(8(2)12)4-3-5-10/h8-10,12H,3-6H2,1-2H3. The van der Waals surface area contributed by atoms with Gasteiger partial charge in [0, 0.05) is 13.0 Å². The van der Waals surface area contributed by atoms with Crippen LogP contribution >= 0.6 is 0 Å². The number of aliphatic hydroxyl groups excluding tert-OH is 2. The molecule has 0 spiro atoms. The van der Waals surface area contributed by atoms with Gasteiger partial charge < -0.3 is 15.0 Å². The first kappa shape index (κ1) is 11.6. The van der Waals surface area contributed by atoms with Crippen LogP contribution in [-0.2, 0) is 4.79 Å². The van der Waals surface area contributed by atoms with Crippen LogP contribution in [0.3, 0.4) is 0 Å². The lowest BCUT2D eigenvalue weighted by Gasteiger charge is -2.17. The van der Waals surface area contributed by atoms with Gasteiger partial charge in [-0.3, -0.25) is 0 Å². The van der Waals surface area contributed by atoms with Gasteiger partial charge in [-0.2, -0.15) is 0 Å². The lowest BCUT2D eigenvalue weighted by molar-refractivity contribution is -0.118. The summed E-state index contributed by atoms with van der Waals surface area (Å²) >= 11 is 0. The van der Waals surface area contributed by atoms with Gasteiger partial charge in [-0.15, -0.1) is 0 Å². The van der Waals surface area contributed by atoms with Crippen LogP contribution in [0.5, 0.6) is 0 Å². The number of carbonyl (C=O) groups is 1. The van der Waals surface area contributed by atoms with Gasteiger partial charge in [0.2, 0.25) is 0 Å². The smallest absolute Gasteiger partial charge is 0.130 e.